The number of hydrogen-bond acceptors (Lipinski definition) is 5. The zero-order valence-electron chi connectivity index (χ0n) is 19.3. The lowest BCUT2D eigenvalue weighted by Crippen LogP contribution is -2.17. The van der Waals surface area contributed by atoms with Crippen molar-refractivity contribution in [2.75, 3.05) is 13.2 Å². The second-order valence-corrected chi connectivity index (χ2v) is 8.61. The van der Waals surface area contributed by atoms with Gasteiger partial charge in [-0.15, -0.1) is 0 Å². The van der Waals surface area contributed by atoms with Crippen LogP contribution >= 0.6 is 34.8 Å². The van der Waals surface area contributed by atoms with E-state index in [2.05, 4.69) is 10.5 Å². The molecule has 1 amide bonds. The van der Waals surface area contributed by atoms with Crippen LogP contribution in [0.5, 0.6) is 17.2 Å². The van der Waals surface area contributed by atoms with Gasteiger partial charge in [-0.2, -0.15) is 5.10 Å². The first-order valence-corrected chi connectivity index (χ1v) is 12.1. The lowest BCUT2D eigenvalue weighted by Gasteiger charge is -2.12. The van der Waals surface area contributed by atoms with Crippen molar-refractivity contribution in [3.63, 3.8) is 0 Å². The Labute approximate surface area is 219 Å². The van der Waals surface area contributed by atoms with E-state index < -0.39 is 0 Å². The van der Waals surface area contributed by atoms with E-state index in [-0.39, 0.29) is 12.5 Å². The number of hydrogen-bond donors (Lipinski definition) is 1. The number of ether oxygens (including phenoxy) is 3. The fourth-order valence-corrected chi connectivity index (χ4v) is 3.69. The van der Waals surface area contributed by atoms with Crippen molar-refractivity contribution in [1.82, 2.24) is 5.43 Å². The number of benzene rings is 3. The maximum atomic E-state index is 12.5. The molecule has 0 fully saturated rings. The van der Waals surface area contributed by atoms with Gasteiger partial charge in [0.25, 0.3) is 5.91 Å². The highest BCUT2D eigenvalue weighted by molar-refractivity contribution is 6.35. The number of amides is 1. The van der Waals surface area contributed by atoms with E-state index >= 15 is 0 Å². The lowest BCUT2D eigenvalue weighted by atomic mass is 10.2. The van der Waals surface area contributed by atoms with Crippen LogP contribution in [0.3, 0.4) is 0 Å². The number of nitrogens with zero attached hydrogens (tertiary/aromatic N) is 1. The van der Waals surface area contributed by atoms with Gasteiger partial charge in [-0.25, -0.2) is 5.43 Å². The van der Waals surface area contributed by atoms with Gasteiger partial charge in [0.1, 0.15) is 12.4 Å². The molecular formula is C26H25Cl3N2O4. The Morgan fingerprint density at radius 1 is 0.886 bits per heavy atom. The minimum Gasteiger partial charge on any atom is -0.490 e. The zero-order valence-corrected chi connectivity index (χ0v) is 21.6. The van der Waals surface area contributed by atoms with Crippen molar-refractivity contribution in [1.29, 1.82) is 0 Å². The Kier molecular flexibility index (Phi) is 10.1. The molecular weight excluding hydrogens is 511 g/mol. The number of rotatable bonds is 11. The first-order chi connectivity index (χ1) is 16.9. The van der Waals surface area contributed by atoms with Gasteiger partial charge in [-0.3, -0.25) is 4.79 Å². The molecule has 6 nitrogen and oxygen atoms in total. The van der Waals surface area contributed by atoms with Crippen LogP contribution in [-0.2, 0) is 6.61 Å². The van der Waals surface area contributed by atoms with Crippen molar-refractivity contribution in [2.24, 2.45) is 5.10 Å². The summed E-state index contributed by atoms with van der Waals surface area (Å²) in [6.07, 6.45) is 2.36. The molecule has 0 aliphatic carbocycles. The summed E-state index contributed by atoms with van der Waals surface area (Å²) in [5, 5.41) is 5.50. The zero-order chi connectivity index (χ0) is 25.2. The van der Waals surface area contributed by atoms with Gasteiger partial charge in [0, 0.05) is 21.2 Å². The van der Waals surface area contributed by atoms with E-state index in [1.54, 1.807) is 54.6 Å². The molecule has 0 heterocycles. The fraction of sp³-hybridized carbons (Fsp3) is 0.231. The smallest absolute Gasteiger partial charge is 0.271 e. The van der Waals surface area contributed by atoms with E-state index in [1.165, 1.54) is 6.21 Å². The van der Waals surface area contributed by atoms with E-state index in [9.17, 15) is 4.79 Å². The van der Waals surface area contributed by atoms with Crippen molar-refractivity contribution in [2.45, 2.75) is 26.9 Å². The predicted octanol–water partition coefficient (Wildman–Crippen LogP) is 7.18. The van der Waals surface area contributed by atoms with Crippen molar-refractivity contribution in [3.05, 3.63) is 86.4 Å². The maximum Gasteiger partial charge on any atom is 0.271 e. The highest BCUT2D eigenvalue weighted by Crippen LogP contribution is 2.29. The third kappa shape index (κ3) is 7.79. The summed E-state index contributed by atoms with van der Waals surface area (Å²) in [5.74, 6) is 1.23. The number of halogens is 3. The molecule has 3 aromatic rings. The van der Waals surface area contributed by atoms with E-state index in [4.69, 9.17) is 49.0 Å². The predicted molar refractivity (Wildman–Crippen MR) is 141 cm³/mol. The number of carbonyl (C=O) groups excluding carboxylic acids is 1. The molecule has 0 aliphatic rings. The van der Waals surface area contributed by atoms with Crippen LogP contribution in [0.15, 0.2) is 59.7 Å². The van der Waals surface area contributed by atoms with Crippen LogP contribution in [-0.4, -0.2) is 25.3 Å². The first-order valence-electron chi connectivity index (χ1n) is 11.0. The molecule has 0 unspecified atom stereocenters. The average Bonchev–Trinajstić information content (AvgIpc) is 2.83. The van der Waals surface area contributed by atoms with Gasteiger partial charge in [0.2, 0.25) is 0 Å². The lowest BCUT2D eigenvalue weighted by molar-refractivity contribution is 0.0954. The van der Waals surface area contributed by atoms with E-state index in [1.807, 2.05) is 13.8 Å². The summed E-state index contributed by atoms with van der Waals surface area (Å²) < 4.78 is 17.0. The Morgan fingerprint density at radius 2 is 1.69 bits per heavy atom. The van der Waals surface area contributed by atoms with E-state index in [0.717, 1.165) is 12.0 Å². The molecule has 35 heavy (non-hydrogen) atoms. The standard InChI is InChI=1S/C26H25Cl3N2O4/c1-3-11-34-24-10-7-18(13-25(24)33-4-2)26(32)31-30-15-17-5-9-23(22(29)12-17)35-16-19-6-8-20(27)14-21(19)28/h5-10,12-15H,3-4,11,16H2,1-2H3,(H,31,32)/b30-15+. The van der Waals surface area contributed by atoms with Crippen LogP contribution in [0.2, 0.25) is 15.1 Å². The van der Waals surface area contributed by atoms with Crippen LogP contribution < -0.4 is 19.6 Å². The highest BCUT2D eigenvalue weighted by Gasteiger charge is 2.11. The second-order valence-electron chi connectivity index (χ2n) is 7.36. The molecule has 0 aromatic heterocycles. The molecule has 1 N–H and O–H groups in total. The fourth-order valence-electron chi connectivity index (χ4n) is 2.99. The molecule has 3 aromatic carbocycles. The molecule has 0 atom stereocenters. The van der Waals surface area contributed by atoms with Crippen molar-refractivity contribution in [3.8, 4) is 17.2 Å². The van der Waals surface area contributed by atoms with Gasteiger partial charge < -0.3 is 14.2 Å². The molecule has 0 aliphatic heterocycles. The van der Waals surface area contributed by atoms with Crippen molar-refractivity contribution < 1.29 is 19.0 Å². The van der Waals surface area contributed by atoms with Crippen LogP contribution in [0.1, 0.15) is 41.8 Å². The van der Waals surface area contributed by atoms with Gasteiger partial charge in [-0.1, -0.05) is 47.8 Å². The molecule has 0 saturated carbocycles. The number of carbonyl (C=O) groups is 1. The summed E-state index contributed by atoms with van der Waals surface area (Å²) in [6, 6.07) is 15.4. The molecule has 9 heteroatoms. The molecule has 184 valence electrons. The van der Waals surface area contributed by atoms with Crippen molar-refractivity contribution >= 4 is 46.9 Å². The summed E-state index contributed by atoms with van der Waals surface area (Å²) in [4.78, 5) is 12.5. The normalized spacial score (nSPS) is 10.9. The topological polar surface area (TPSA) is 69.2 Å². The minimum absolute atomic E-state index is 0.241. The first kappa shape index (κ1) is 26.7. The highest BCUT2D eigenvalue weighted by atomic mass is 35.5. The summed E-state index contributed by atoms with van der Waals surface area (Å²) in [5.41, 5.74) is 4.38. The van der Waals surface area contributed by atoms with Gasteiger partial charge in [0.05, 0.1) is 24.5 Å². The Balaban J connectivity index is 1.60. The minimum atomic E-state index is -0.380. The molecule has 0 radical (unpaired) electrons. The van der Waals surface area contributed by atoms with Crippen LogP contribution in [0.25, 0.3) is 0 Å². The largest absolute Gasteiger partial charge is 0.490 e. The third-order valence-electron chi connectivity index (χ3n) is 4.70. The molecule has 0 saturated heterocycles. The van der Waals surface area contributed by atoms with Gasteiger partial charge in [-0.05, 0) is 67.4 Å². The Bertz CT molecular complexity index is 1200. The molecule has 0 spiro atoms. The van der Waals surface area contributed by atoms with Crippen LogP contribution in [0, 0.1) is 0 Å². The summed E-state index contributed by atoms with van der Waals surface area (Å²) in [6.45, 7) is 5.15. The van der Waals surface area contributed by atoms with Gasteiger partial charge >= 0.3 is 0 Å². The molecule has 3 rings (SSSR count). The maximum absolute atomic E-state index is 12.5. The Hall–Kier alpha value is -2.93. The summed E-state index contributed by atoms with van der Waals surface area (Å²) >= 11 is 18.4. The second kappa shape index (κ2) is 13.2. The van der Waals surface area contributed by atoms with Crippen LogP contribution in [0.4, 0.5) is 0 Å². The third-order valence-corrected chi connectivity index (χ3v) is 5.58. The monoisotopic (exact) mass is 534 g/mol. The summed E-state index contributed by atoms with van der Waals surface area (Å²) in [7, 11) is 0. The van der Waals surface area contributed by atoms with E-state index in [0.29, 0.717) is 56.7 Å². The number of nitrogens with one attached hydrogen (secondary N) is 1. The quantitative estimate of drug-likeness (QED) is 0.209. The Morgan fingerprint density at radius 3 is 2.40 bits per heavy atom. The average molecular weight is 536 g/mol. The number of hydrazone groups is 1. The van der Waals surface area contributed by atoms with Gasteiger partial charge in [0.15, 0.2) is 11.5 Å². The molecule has 0 bridgehead atoms. The SMILES string of the molecule is CCCOc1ccc(C(=O)N/N=C/c2ccc(OCc3ccc(Cl)cc3Cl)c(Cl)c2)cc1OCC.